The van der Waals surface area contributed by atoms with Crippen molar-refractivity contribution in [3.8, 4) is 0 Å². The lowest BCUT2D eigenvalue weighted by Crippen LogP contribution is -2.42. The Morgan fingerprint density at radius 2 is 1.95 bits per heavy atom. The SMILES string of the molecule is CN=C(NCc1cccc(COC)c1)NCC(C)(C)SC.I. The normalized spacial score (nSPS) is 11.8. The van der Waals surface area contributed by atoms with Gasteiger partial charge < -0.3 is 15.4 Å². The molecule has 0 atom stereocenters. The lowest BCUT2D eigenvalue weighted by Gasteiger charge is -2.23. The van der Waals surface area contributed by atoms with Crippen molar-refractivity contribution in [2.75, 3.05) is 27.0 Å². The topological polar surface area (TPSA) is 45.7 Å². The van der Waals surface area contributed by atoms with Gasteiger partial charge >= 0.3 is 0 Å². The van der Waals surface area contributed by atoms with Crippen LogP contribution >= 0.6 is 35.7 Å². The number of rotatable bonds is 7. The molecule has 0 aliphatic carbocycles. The van der Waals surface area contributed by atoms with Gasteiger partial charge in [0.25, 0.3) is 0 Å². The van der Waals surface area contributed by atoms with Crippen LogP contribution in [0.3, 0.4) is 0 Å². The molecule has 0 heterocycles. The Morgan fingerprint density at radius 3 is 2.55 bits per heavy atom. The molecule has 1 aromatic rings. The van der Waals surface area contributed by atoms with E-state index < -0.39 is 0 Å². The van der Waals surface area contributed by atoms with Crippen molar-refractivity contribution in [3.63, 3.8) is 0 Å². The number of hydrogen-bond acceptors (Lipinski definition) is 3. The molecule has 0 aliphatic rings. The molecular formula is C16H28IN3OS. The van der Waals surface area contributed by atoms with E-state index in [1.807, 2.05) is 11.8 Å². The first-order valence-electron chi connectivity index (χ1n) is 7.07. The molecule has 0 unspecified atom stereocenters. The smallest absolute Gasteiger partial charge is 0.191 e. The van der Waals surface area contributed by atoms with Crippen molar-refractivity contribution in [3.05, 3.63) is 35.4 Å². The molecule has 1 aromatic carbocycles. The fraction of sp³-hybridized carbons (Fsp3) is 0.562. The molecule has 22 heavy (non-hydrogen) atoms. The van der Waals surface area contributed by atoms with E-state index in [0.717, 1.165) is 19.0 Å². The minimum atomic E-state index is 0. The fourth-order valence-electron chi connectivity index (χ4n) is 1.77. The first-order valence-corrected chi connectivity index (χ1v) is 8.29. The highest BCUT2D eigenvalue weighted by Gasteiger charge is 2.15. The Hall–Kier alpha value is -0.470. The molecule has 6 heteroatoms. The number of aliphatic imine (C=N–C) groups is 1. The van der Waals surface area contributed by atoms with Gasteiger partial charge in [-0.2, -0.15) is 11.8 Å². The van der Waals surface area contributed by atoms with Gasteiger partial charge in [0, 0.05) is 32.0 Å². The molecule has 0 saturated carbocycles. The number of nitrogens with one attached hydrogen (secondary N) is 2. The highest BCUT2D eigenvalue weighted by molar-refractivity contribution is 14.0. The number of benzene rings is 1. The second-order valence-corrected chi connectivity index (χ2v) is 7.01. The first-order chi connectivity index (χ1) is 10.0. The maximum Gasteiger partial charge on any atom is 0.191 e. The van der Waals surface area contributed by atoms with Crippen LogP contribution in [0.2, 0.25) is 0 Å². The number of thioether (sulfide) groups is 1. The van der Waals surface area contributed by atoms with Gasteiger partial charge in [-0.05, 0) is 31.2 Å². The van der Waals surface area contributed by atoms with Gasteiger partial charge in [-0.15, -0.1) is 24.0 Å². The molecule has 0 aromatic heterocycles. The van der Waals surface area contributed by atoms with Crippen LogP contribution in [0, 0.1) is 0 Å². The van der Waals surface area contributed by atoms with Crippen LogP contribution < -0.4 is 10.6 Å². The van der Waals surface area contributed by atoms with E-state index in [4.69, 9.17) is 4.74 Å². The van der Waals surface area contributed by atoms with E-state index >= 15 is 0 Å². The van der Waals surface area contributed by atoms with Crippen molar-refractivity contribution >= 4 is 41.7 Å². The molecule has 0 saturated heterocycles. The van der Waals surface area contributed by atoms with Crippen LogP contribution in [0.4, 0.5) is 0 Å². The van der Waals surface area contributed by atoms with Crippen LogP contribution in [0.1, 0.15) is 25.0 Å². The molecule has 126 valence electrons. The average molecular weight is 437 g/mol. The summed E-state index contributed by atoms with van der Waals surface area (Å²) < 4.78 is 5.35. The number of halogens is 1. The minimum absolute atomic E-state index is 0. The summed E-state index contributed by atoms with van der Waals surface area (Å²) >= 11 is 1.84. The Balaban J connectivity index is 0.00000441. The third-order valence-corrected chi connectivity index (χ3v) is 4.47. The number of hydrogen-bond donors (Lipinski definition) is 2. The Bertz CT molecular complexity index is 466. The minimum Gasteiger partial charge on any atom is -0.380 e. The second kappa shape index (κ2) is 11.1. The molecule has 0 spiro atoms. The van der Waals surface area contributed by atoms with E-state index in [1.165, 1.54) is 11.1 Å². The third-order valence-electron chi connectivity index (χ3n) is 3.22. The number of ether oxygens (including phenoxy) is 1. The highest BCUT2D eigenvalue weighted by atomic mass is 127. The molecule has 2 N–H and O–H groups in total. The van der Waals surface area contributed by atoms with E-state index in [-0.39, 0.29) is 28.7 Å². The largest absolute Gasteiger partial charge is 0.380 e. The Kier molecular flexibility index (Phi) is 10.9. The van der Waals surface area contributed by atoms with Crippen molar-refractivity contribution < 1.29 is 4.74 Å². The first kappa shape index (κ1) is 21.5. The summed E-state index contributed by atoms with van der Waals surface area (Å²) in [4.78, 5) is 4.26. The van der Waals surface area contributed by atoms with Gasteiger partial charge in [0.2, 0.25) is 0 Å². The van der Waals surface area contributed by atoms with Crippen molar-refractivity contribution in [1.29, 1.82) is 0 Å². The predicted octanol–water partition coefficient (Wildman–Crippen LogP) is 3.26. The molecule has 0 fully saturated rings. The molecule has 0 amide bonds. The standard InChI is InChI=1S/C16H27N3OS.HI/c1-16(2,21-5)12-19-15(17-3)18-10-13-7-6-8-14(9-13)11-20-4;/h6-9H,10-12H2,1-5H3,(H2,17,18,19);1H. The van der Waals surface area contributed by atoms with Gasteiger partial charge in [0.1, 0.15) is 0 Å². The Labute approximate surface area is 155 Å². The van der Waals surface area contributed by atoms with Gasteiger partial charge in [0.15, 0.2) is 5.96 Å². The molecule has 4 nitrogen and oxygen atoms in total. The maximum absolute atomic E-state index is 5.16. The number of nitrogens with zero attached hydrogens (tertiary/aromatic N) is 1. The zero-order valence-corrected chi connectivity index (χ0v) is 17.2. The second-order valence-electron chi connectivity index (χ2n) is 5.50. The van der Waals surface area contributed by atoms with Crippen molar-refractivity contribution in [2.24, 2.45) is 4.99 Å². The van der Waals surface area contributed by atoms with Crippen LogP contribution in [-0.4, -0.2) is 37.7 Å². The van der Waals surface area contributed by atoms with Crippen molar-refractivity contribution in [2.45, 2.75) is 31.7 Å². The summed E-state index contributed by atoms with van der Waals surface area (Å²) in [5, 5.41) is 6.70. The quantitative estimate of drug-likeness (QED) is 0.391. The van der Waals surface area contributed by atoms with Crippen molar-refractivity contribution in [1.82, 2.24) is 10.6 Å². The average Bonchev–Trinajstić information content (AvgIpc) is 2.48. The van der Waals surface area contributed by atoms with Gasteiger partial charge in [-0.25, -0.2) is 0 Å². The zero-order chi connectivity index (χ0) is 15.7. The molecular weight excluding hydrogens is 409 g/mol. The number of guanidine groups is 1. The third kappa shape index (κ3) is 8.24. The summed E-state index contributed by atoms with van der Waals surface area (Å²) in [5.74, 6) is 0.828. The highest BCUT2D eigenvalue weighted by Crippen LogP contribution is 2.19. The molecule has 1 rings (SSSR count). The Morgan fingerprint density at radius 1 is 1.27 bits per heavy atom. The number of methoxy groups -OCH3 is 1. The summed E-state index contributed by atoms with van der Waals surface area (Å²) in [6.45, 7) is 6.69. The van der Waals surface area contributed by atoms with E-state index in [0.29, 0.717) is 6.61 Å². The maximum atomic E-state index is 5.16. The van der Waals surface area contributed by atoms with Crippen LogP contribution in [-0.2, 0) is 17.9 Å². The van der Waals surface area contributed by atoms with Crippen LogP contribution in [0.5, 0.6) is 0 Å². The monoisotopic (exact) mass is 437 g/mol. The van der Waals surface area contributed by atoms with Gasteiger partial charge in [0.05, 0.1) is 6.61 Å². The zero-order valence-electron chi connectivity index (χ0n) is 14.1. The van der Waals surface area contributed by atoms with Gasteiger partial charge in [-0.3, -0.25) is 4.99 Å². The van der Waals surface area contributed by atoms with E-state index in [1.54, 1.807) is 14.2 Å². The predicted molar refractivity (Wildman–Crippen MR) is 108 cm³/mol. The molecule has 0 aliphatic heterocycles. The van der Waals surface area contributed by atoms with Gasteiger partial charge in [-0.1, -0.05) is 24.3 Å². The summed E-state index contributed by atoms with van der Waals surface area (Å²) in [7, 11) is 3.51. The summed E-state index contributed by atoms with van der Waals surface area (Å²) in [5.41, 5.74) is 2.40. The lowest BCUT2D eigenvalue weighted by molar-refractivity contribution is 0.185. The fourth-order valence-corrected chi connectivity index (χ4v) is 1.99. The van der Waals surface area contributed by atoms with Crippen LogP contribution in [0.25, 0.3) is 0 Å². The van der Waals surface area contributed by atoms with Crippen LogP contribution in [0.15, 0.2) is 29.3 Å². The lowest BCUT2D eigenvalue weighted by atomic mass is 10.1. The van der Waals surface area contributed by atoms with E-state index in [9.17, 15) is 0 Å². The molecule has 0 bridgehead atoms. The van der Waals surface area contributed by atoms with E-state index in [2.05, 4.69) is 60.0 Å². The summed E-state index contributed by atoms with van der Waals surface area (Å²) in [6, 6.07) is 8.38. The summed E-state index contributed by atoms with van der Waals surface area (Å²) in [6.07, 6.45) is 2.12. The molecule has 0 radical (unpaired) electrons.